The Balaban J connectivity index is 2.01. The summed E-state index contributed by atoms with van der Waals surface area (Å²) in [4.78, 5) is 18.4. The van der Waals surface area contributed by atoms with Crippen LogP contribution in [0.5, 0.6) is 0 Å². The molecule has 3 aromatic rings. The van der Waals surface area contributed by atoms with Crippen molar-refractivity contribution in [3.8, 4) is 5.00 Å². The number of halogens is 2. The molecular formula is C19H17ClIN5OS. The van der Waals surface area contributed by atoms with Crippen molar-refractivity contribution in [2.24, 2.45) is 4.99 Å². The monoisotopic (exact) mass is 525 g/mol. The van der Waals surface area contributed by atoms with E-state index in [1.165, 1.54) is 10.4 Å². The number of carbonyl (C=O) groups excluding carboxylic acids is 1. The minimum atomic E-state index is -0.430. The van der Waals surface area contributed by atoms with Gasteiger partial charge in [0, 0.05) is 21.0 Å². The summed E-state index contributed by atoms with van der Waals surface area (Å²) in [6, 6.07) is 7.21. The van der Waals surface area contributed by atoms with E-state index in [-0.39, 0.29) is 12.3 Å². The molecule has 9 heteroatoms. The Morgan fingerprint density at radius 1 is 1.25 bits per heavy atom. The lowest BCUT2D eigenvalue weighted by molar-refractivity contribution is -0.119. The predicted octanol–water partition coefficient (Wildman–Crippen LogP) is 4.66. The Hall–Kier alpha value is -1.78. The first kappa shape index (κ1) is 19.5. The number of nitrogens with one attached hydrogen (secondary N) is 1. The second-order valence-corrected chi connectivity index (χ2v) is 8.81. The highest BCUT2D eigenvalue weighted by Crippen LogP contribution is 2.39. The van der Waals surface area contributed by atoms with Crippen LogP contribution in [0.1, 0.15) is 45.7 Å². The van der Waals surface area contributed by atoms with Crippen LogP contribution in [-0.4, -0.2) is 26.4 Å². The quantitative estimate of drug-likeness (QED) is 0.399. The first-order valence-corrected chi connectivity index (χ1v) is 10.9. The average Bonchev–Trinajstić information content (AvgIpc) is 3.15. The Morgan fingerprint density at radius 3 is 2.64 bits per heavy atom. The molecule has 1 aliphatic heterocycles. The van der Waals surface area contributed by atoms with Gasteiger partial charge in [-0.1, -0.05) is 23.7 Å². The molecule has 1 amide bonds. The summed E-state index contributed by atoms with van der Waals surface area (Å²) in [5.74, 6) is 1.36. The number of benzene rings is 1. The van der Waals surface area contributed by atoms with Crippen LogP contribution in [-0.2, 0) is 4.79 Å². The Morgan fingerprint density at radius 2 is 1.96 bits per heavy atom. The number of amides is 1. The van der Waals surface area contributed by atoms with E-state index in [1.807, 2.05) is 58.6 Å². The van der Waals surface area contributed by atoms with Crippen molar-refractivity contribution < 1.29 is 4.79 Å². The molecule has 4 rings (SSSR count). The van der Waals surface area contributed by atoms with E-state index < -0.39 is 6.04 Å². The van der Waals surface area contributed by atoms with E-state index in [4.69, 9.17) is 16.6 Å². The standard InChI is InChI=1S/C19H17ClIN5OS/c1-9-10(2)28-19-16(9)17(12-4-6-13(20)7-5-12)22-14(8-15(27)23-21)18-25-24-11(3)26(18)19/h4-7,14H,8H2,1-3H3,(H,23,27)/t14-/m1/s1. The molecule has 0 saturated carbocycles. The van der Waals surface area contributed by atoms with Crippen LogP contribution in [0, 0.1) is 20.8 Å². The fraction of sp³-hybridized carbons (Fsp3) is 0.263. The van der Waals surface area contributed by atoms with E-state index in [1.54, 1.807) is 11.3 Å². The number of aliphatic imine (C=N–C) groups is 1. The molecule has 1 atom stereocenters. The maximum Gasteiger partial charge on any atom is 0.231 e. The van der Waals surface area contributed by atoms with Gasteiger partial charge in [0.25, 0.3) is 0 Å². The van der Waals surface area contributed by atoms with Gasteiger partial charge in [-0.15, -0.1) is 21.5 Å². The maximum absolute atomic E-state index is 12.2. The van der Waals surface area contributed by atoms with Gasteiger partial charge < -0.3 is 0 Å². The number of carbonyl (C=O) groups is 1. The molecule has 0 unspecified atom stereocenters. The normalized spacial score (nSPS) is 15.5. The van der Waals surface area contributed by atoms with Gasteiger partial charge >= 0.3 is 0 Å². The number of nitrogens with zero attached hydrogens (tertiary/aromatic N) is 4. The molecule has 0 aliphatic carbocycles. The van der Waals surface area contributed by atoms with Crippen LogP contribution < -0.4 is 3.53 Å². The molecule has 2 aromatic heterocycles. The minimum absolute atomic E-state index is 0.102. The zero-order valence-electron chi connectivity index (χ0n) is 15.5. The van der Waals surface area contributed by atoms with Crippen molar-refractivity contribution in [3.63, 3.8) is 0 Å². The van der Waals surface area contributed by atoms with Crippen molar-refractivity contribution >= 4 is 57.4 Å². The first-order chi connectivity index (χ1) is 13.4. The fourth-order valence-electron chi connectivity index (χ4n) is 3.35. The highest BCUT2D eigenvalue weighted by molar-refractivity contribution is 14.1. The Labute approximate surface area is 185 Å². The van der Waals surface area contributed by atoms with Crippen molar-refractivity contribution in [3.05, 3.63) is 62.5 Å². The fourth-order valence-corrected chi connectivity index (χ4v) is 4.91. The van der Waals surface area contributed by atoms with Gasteiger partial charge in [0.15, 0.2) is 5.82 Å². The minimum Gasteiger partial charge on any atom is -0.299 e. The molecule has 1 N–H and O–H groups in total. The van der Waals surface area contributed by atoms with E-state index in [2.05, 4.69) is 27.6 Å². The summed E-state index contributed by atoms with van der Waals surface area (Å²) in [6.45, 7) is 6.13. The van der Waals surface area contributed by atoms with E-state index >= 15 is 0 Å². The summed E-state index contributed by atoms with van der Waals surface area (Å²) >= 11 is 9.64. The number of fused-ring (bicyclic) bond motifs is 3. The molecule has 0 radical (unpaired) electrons. The van der Waals surface area contributed by atoms with Crippen LogP contribution in [0.4, 0.5) is 0 Å². The number of rotatable bonds is 3. The molecule has 1 aliphatic rings. The van der Waals surface area contributed by atoms with Crippen molar-refractivity contribution in [1.29, 1.82) is 0 Å². The van der Waals surface area contributed by atoms with Crippen LogP contribution in [0.2, 0.25) is 5.02 Å². The molecule has 0 fully saturated rings. The molecule has 6 nitrogen and oxygen atoms in total. The third kappa shape index (κ3) is 3.27. The van der Waals surface area contributed by atoms with Gasteiger partial charge in [-0.25, -0.2) is 0 Å². The van der Waals surface area contributed by atoms with Gasteiger partial charge in [-0.2, -0.15) is 0 Å². The second-order valence-electron chi connectivity index (χ2n) is 6.63. The topological polar surface area (TPSA) is 72.2 Å². The molecular weight excluding hydrogens is 509 g/mol. The van der Waals surface area contributed by atoms with Crippen LogP contribution in [0.15, 0.2) is 29.3 Å². The molecule has 0 saturated heterocycles. The Bertz CT molecular complexity index is 1100. The third-order valence-corrected chi connectivity index (χ3v) is 6.89. The molecule has 1 aromatic carbocycles. The van der Waals surface area contributed by atoms with E-state index in [0.29, 0.717) is 10.8 Å². The summed E-state index contributed by atoms with van der Waals surface area (Å²) in [5, 5.41) is 10.4. The van der Waals surface area contributed by atoms with Crippen LogP contribution in [0.3, 0.4) is 0 Å². The highest BCUT2D eigenvalue weighted by atomic mass is 127. The third-order valence-electron chi connectivity index (χ3n) is 4.84. The van der Waals surface area contributed by atoms with E-state index in [0.717, 1.165) is 27.7 Å². The summed E-state index contributed by atoms with van der Waals surface area (Å²) in [7, 11) is 0. The number of aryl methyl sites for hydroxylation is 2. The number of thiophene rings is 1. The largest absolute Gasteiger partial charge is 0.299 e. The highest BCUT2D eigenvalue weighted by Gasteiger charge is 2.32. The molecule has 144 valence electrons. The zero-order valence-corrected chi connectivity index (χ0v) is 19.2. The predicted molar refractivity (Wildman–Crippen MR) is 120 cm³/mol. The van der Waals surface area contributed by atoms with Crippen molar-refractivity contribution in [2.75, 3.05) is 0 Å². The van der Waals surface area contributed by atoms with E-state index in [9.17, 15) is 4.79 Å². The SMILES string of the molecule is Cc1sc2c(c1C)C(c1ccc(Cl)cc1)=N[C@H](CC(=O)NI)c1nnc(C)n1-2. The number of hydrogen-bond acceptors (Lipinski definition) is 5. The molecule has 0 bridgehead atoms. The Kier molecular flexibility index (Phi) is 5.28. The number of aromatic nitrogens is 3. The van der Waals surface area contributed by atoms with Crippen LogP contribution >= 0.6 is 45.8 Å². The summed E-state index contributed by atoms with van der Waals surface area (Å²) in [5.41, 5.74) is 4.05. The molecule has 3 heterocycles. The summed E-state index contributed by atoms with van der Waals surface area (Å²) in [6.07, 6.45) is 0.200. The van der Waals surface area contributed by atoms with Gasteiger partial charge in [0.1, 0.15) is 16.9 Å². The molecule has 28 heavy (non-hydrogen) atoms. The number of hydrogen-bond donors (Lipinski definition) is 1. The average molecular weight is 526 g/mol. The van der Waals surface area contributed by atoms with Crippen molar-refractivity contribution in [1.82, 2.24) is 18.3 Å². The lowest BCUT2D eigenvalue weighted by atomic mass is 9.99. The van der Waals surface area contributed by atoms with Gasteiger partial charge in [-0.05, 0) is 38.5 Å². The maximum atomic E-state index is 12.2. The smallest absolute Gasteiger partial charge is 0.231 e. The van der Waals surface area contributed by atoms with Crippen LogP contribution in [0.25, 0.3) is 5.00 Å². The van der Waals surface area contributed by atoms with Gasteiger partial charge in [-0.3, -0.25) is 17.9 Å². The lowest BCUT2D eigenvalue weighted by Gasteiger charge is -2.11. The van der Waals surface area contributed by atoms with Gasteiger partial charge in [0.05, 0.1) is 35.0 Å². The first-order valence-electron chi connectivity index (χ1n) is 8.66. The van der Waals surface area contributed by atoms with Crippen molar-refractivity contribution in [2.45, 2.75) is 33.2 Å². The summed E-state index contributed by atoms with van der Waals surface area (Å²) < 4.78 is 4.70. The lowest BCUT2D eigenvalue weighted by Crippen LogP contribution is -2.17. The van der Waals surface area contributed by atoms with Gasteiger partial charge in [0.2, 0.25) is 5.91 Å². The second kappa shape index (κ2) is 7.57. The molecule has 0 spiro atoms. The zero-order chi connectivity index (χ0) is 20.0.